The molecular formula is C16H23NO2S. The summed E-state index contributed by atoms with van der Waals surface area (Å²) in [5, 5.41) is 12.3. The van der Waals surface area contributed by atoms with Crippen LogP contribution in [0.5, 0.6) is 0 Å². The second-order valence-electron chi connectivity index (χ2n) is 5.41. The number of rotatable bonds is 5. The predicted octanol–water partition coefficient (Wildman–Crippen LogP) is 2.41. The zero-order valence-corrected chi connectivity index (χ0v) is 13.0. The van der Waals surface area contributed by atoms with E-state index in [0.717, 1.165) is 18.4 Å². The molecule has 0 fully saturated rings. The third kappa shape index (κ3) is 3.55. The van der Waals surface area contributed by atoms with E-state index in [1.165, 1.54) is 24.0 Å². The number of aliphatic hydroxyl groups is 1. The summed E-state index contributed by atoms with van der Waals surface area (Å²) in [4.78, 5) is 12.3. The fourth-order valence-corrected chi connectivity index (χ4v) is 3.32. The van der Waals surface area contributed by atoms with Gasteiger partial charge < -0.3 is 10.4 Å². The molecule has 3 nitrogen and oxygen atoms in total. The van der Waals surface area contributed by atoms with Crippen LogP contribution >= 0.6 is 11.8 Å². The van der Waals surface area contributed by atoms with Gasteiger partial charge in [0.2, 0.25) is 0 Å². The van der Waals surface area contributed by atoms with E-state index in [0.29, 0.717) is 0 Å². The lowest BCUT2D eigenvalue weighted by molar-refractivity contribution is 0.0936. The first-order chi connectivity index (χ1) is 9.65. The minimum absolute atomic E-state index is 0.0385. The highest BCUT2D eigenvalue weighted by Gasteiger charge is 2.19. The highest BCUT2D eigenvalue weighted by molar-refractivity contribution is 7.99. The molecule has 2 N–H and O–H groups in total. The van der Waals surface area contributed by atoms with Gasteiger partial charge in [-0.3, -0.25) is 4.79 Å². The van der Waals surface area contributed by atoms with Gasteiger partial charge in [-0.25, -0.2) is 0 Å². The topological polar surface area (TPSA) is 49.3 Å². The molecule has 0 spiro atoms. The van der Waals surface area contributed by atoms with Gasteiger partial charge in [0, 0.05) is 16.9 Å². The maximum absolute atomic E-state index is 12.3. The molecule has 1 aromatic rings. The second kappa shape index (κ2) is 7.14. The maximum atomic E-state index is 12.3. The van der Waals surface area contributed by atoms with Crippen LogP contribution in [0.15, 0.2) is 18.2 Å². The van der Waals surface area contributed by atoms with Gasteiger partial charge in [0.1, 0.15) is 0 Å². The fourth-order valence-electron chi connectivity index (χ4n) is 2.69. The zero-order chi connectivity index (χ0) is 14.5. The van der Waals surface area contributed by atoms with E-state index in [2.05, 4.69) is 11.4 Å². The lowest BCUT2D eigenvalue weighted by Crippen LogP contribution is -2.41. The van der Waals surface area contributed by atoms with E-state index < -0.39 is 0 Å². The number of fused-ring (bicyclic) bond motifs is 1. The molecule has 0 aromatic heterocycles. The number of hydrogen-bond acceptors (Lipinski definition) is 3. The number of carbonyl (C=O) groups excluding carboxylic acids is 1. The third-order valence-electron chi connectivity index (χ3n) is 4.01. The molecule has 1 amide bonds. The first-order valence-electron chi connectivity index (χ1n) is 7.22. The largest absolute Gasteiger partial charge is 0.395 e. The van der Waals surface area contributed by atoms with E-state index in [-0.39, 0.29) is 23.8 Å². The molecule has 4 heteroatoms. The Hall–Kier alpha value is -1.00. The molecule has 0 saturated carbocycles. The van der Waals surface area contributed by atoms with Crippen molar-refractivity contribution in [3.05, 3.63) is 34.9 Å². The summed E-state index contributed by atoms with van der Waals surface area (Å²) in [7, 11) is 0. The number of amides is 1. The maximum Gasteiger partial charge on any atom is 0.251 e. The van der Waals surface area contributed by atoms with Gasteiger partial charge in [-0.15, -0.1) is 0 Å². The van der Waals surface area contributed by atoms with Crippen molar-refractivity contribution in [2.24, 2.45) is 0 Å². The van der Waals surface area contributed by atoms with E-state index in [1.807, 2.05) is 25.3 Å². The zero-order valence-electron chi connectivity index (χ0n) is 12.2. The highest BCUT2D eigenvalue weighted by Crippen LogP contribution is 2.22. The van der Waals surface area contributed by atoms with Crippen LogP contribution in [0.3, 0.4) is 0 Å². The molecule has 0 radical (unpaired) electrons. The van der Waals surface area contributed by atoms with Crippen LogP contribution in [0.2, 0.25) is 0 Å². The van der Waals surface area contributed by atoms with Gasteiger partial charge >= 0.3 is 0 Å². The van der Waals surface area contributed by atoms with E-state index in [9.17, 15) is 9.90 Å². The van der Waals surface area contributed by atoms with Crippen LogP contribution in [0.1, 0.15) is 41.3 Å². The number of nitrogens with one attached hydrogen (secondary N) is 1. The third-order valence-corrected chi connectivity index (χ3v) is 5.17. The molecule has 110 valence electrons. The van der Waals surface area contributed by atoms with Crippen LogP contribution in [0.25, 0.3) is 0 Å². The molecule has 0 bridgehead atoms. The van der Waals surface area contributed by atoms with Gasteiger partial charge in [-0.2, -0.15) is 11.8 Å². The smallest absolute Gasteiger partial charge is 0.251 e. The van der Waals surface area contributed by atoms with Crippen molar-refractivity contribution in [1.29, 1.82) is 0 Å². The molecule has 2 rings (SSSR count). The molecule has 0 aliphatic heterocycles. The predicted molar refractivity (Wildman–Crippen MR) is 84.4 cm³/mol. The number of carbonyl (C=O) groups is 1. The summed E-state index contributed by atoms with van der Waals surface area (Å²) in [5.74, 6) is -0.0432. The summed E-state index contributed by atoms with van der Waals surface area (Å²) >= 11 is 1.57. The first-order valence-corrected chi connectivity index (χ1v) is 8.50. The number of benzene rings is 1. The average molecular weight is 293 g/mol. The van der Waals surface area contributed by atoms with Crippen molar-refractivity contribution >= 4 is 17.7 Å². The van der Waals surface area contributed by atoms with Crippen LogP contribution in [0.4, 0.5) is 0 Å². The van der Waals surface area contributed by atoms with Crippen molar-refractivity contribution in [3.8, 4) is 0 Å². The molecule has 2 unspecified atom stereocenters. The average Bonchev–Trinajstić information content (AvgIpc) is 2.48. The van der Waals surface area contributed by atoms with Gasteiger partial charge in [0.25, 0.3) is 5.91 Å². The standard InChI is InChI=1S/C16H23NO2S/c1-11(15(10-18)20-2)17-16(19)14-8-7-12-5-3-4-6-13(12)9-14/h7-9,11,15,18H,3-6,10H2,1-2H3,(H,17,19). The summed E-state index contributed by atoms with van der Waals surface area (Å²) < 4.78 is 0. The van der Waals surface area contributed by atoms with Crippen molar-refractivity contribution in [2.75, 3.05) is 12.9 Å². The van der Waals surface area contributed by atoms with Crippen molar-refractivity contribution < 1.29 is 9.90 Å². The molecule has 0 heterocycles. The van der Waals surface area contributed by atoms with Crippen LogP contribution in [-0.4, -0.2) is 35.2 Å². The number of aliphatic hydroxyl groups excluding tert-OH is 1. The Morgan fingerprint density at radius 1 is 1.35 bits per heavy atom. The molecular weight excluding hydrogens is 270 g/mol. The molecule has 20 heavy (non-hydrogen) atoms. The Morgan fingerprint density at radius 2 is 2.05 bits per heavy atom. The lowest BCUT2D eigenvalue weighted by Gasteiger charge is -2.22. The van der Waals surface area contributed by atoms with Crippen LogP contribution in [-0.2, 0) is 12.8 Å². The molecule has 1 aliphatic carbocycles. The van der Waals surface area contributed by atoms with Crippen LogP contribution in [0, 0.1) is 0 Å². The fraction of sp³-hybridized carbons (Fsp3) is 0.562. The summed E-state index contributed by atoms with van der Waals surface area (Å²) in [6.07, 6.45) is 6.63. The number of aryl methyl sites for hydroxylation is 2. The second-order valence-corrected chi connectivity index (χ2v) is 6.49. The monoisotopic (exact) mass is 293 g/mol. The number of hydrogen-bond donors (Lipinski definition) is 2. The van der Waals surface area contributed by atoms with Crippen molar-refractivity contribution in [3.63, 3.8) is 0 Å². The quantitative estimate of drug-likeness (QED) is 0.876. The van der Waals surface area contributed by atoms with Gasteiger partial charge in [0.15, 0.2) is 0 Å². The van der Waals surface area contributed by atoms with Gasteiger partial charge in [-0.1, -0.05) is 6.07 Å². The summed E-state index contributed by atoms with van der Waals surface area (Å²) in [6.45, 7) is 2.01. The first kappa shape index (κ1) is 15.4. The van der Waals surface area contributed by atoms with Crippen LogP contribution < -0.4 is 5.32 Å². The minimum atomic E-state index is -0.0432. The Bertz CT molecular complexity index is 472. The van der Waals surface area contributed by atoms with E-state index in [4.69, 9.17) is 0 Å². The molecule has 0 saturated heterocycles. The van der Waals surface area contributed by atoms with E-state index >= 15 is 0 Å². The van der Waals surface area contributed by atoms with E-state index in [1.54, 1.807) is 11.8 Å². The minimum Gasteiger partial charge on any atom is -0.395 e. The Morgan fingerprint density at radius 3 is 2.70 bits per heavy atom. The summed E-state index contributed by atoms with van der Waals surface area (Å²) in [5.41, 5.74) is 3.44. The molecule has 1 aromatic carbocycles. The molecule has 2 atom stereocenters. The normalized spacial score (nSPS) is 17.1. The summed E-state index contributed by atoms with van der Waals surface area (Å²) in [6, 6.07) is 5.99. The SMILES string of the molecule is CSC(CO)C(C)NC(=O)c1ccc2c(c1)CCCC2. The Labute approximate surface area is 125 Å². The van der Waals surface area contributed by atoms with Gasteiger partial charge in [0.05, 0.1) is 6.61 Å². The Balaban J connectivity index is 2.05. The van der Waals surface area contributed by atoms with Gasteiger partial charge in [-0.05, 0) is 62.1 Å². The molecule has 1 aliphatic rings. The Kier molecular flexibility index (Phi) is 5.49. The van der Waals surface area contributed by atoms with Crippen molar-refractivity contribution in [1.82, 2.24) is 5.32 Å². The number of thioether (sulfide) groups is 1. The highest BCUT2D eigenvalue weighted by atomic mass is 32.2. The van der Waals surface area contributed by atoms with Crippen molar-refractivity contribution in [2.45, 2.75) is 43.9 Å². The lowest BCUT2D eigenvalue weighted by atomic mass is 9.90.